The SMILES string of the molecule is Cc1cn(CCCN(CCc2ccccc2)C(=O)[C@H]2CN([C@H]3c4ccc(Cl)cc4CCc4cccnc43)CCN2C(=O)OC2CCCCC2)cn1. The van der Waals surface area contributed by atoms with Crippen LogP contribution < -0.4 is 0 Å². The third kappa shape index (κ3) is 8.47. The molecule has 2 aromatic carbocycles. The van der Waals surface area contributed by atoms with Crippen LogP contribution in [0.15, 0.2) is 79.4 Å². The van der Waals surface area contributed by atoms with Crippen LogP contribution in [-0.4, -0.2) is 86.1 Å². The molecule has 2 atom stereocenters. The lowest BCUT2D eigenvalue weighted by Crippen LogP contribution is -2.62. The second-order valence-corrected chi connectivity index (χ2v) is 14.7. The second-order valence-electron chi connectivity index (χ2n) is 14.3. The summed E-state index contributed by atoms with van der Waals surface area (Å²) in [6, 6.07) is 19.7. The number of fused-ring (bicyclic) bond motifs is 2. The van der Waals surface area contributed by atoms with E-state index in [1.807, 2.05) is 60.9 Å². The van der Waals surface area contributed by atoms with Crippen molar-refractivity contribution in [2.75, 3.05) is 32.7 Å². The Morgan fingerprint density at radius 2 is 1.76 bits per heavy atom. The Labute approximate surface area is 306 Å². The van der Waals surface area contributed by atoms with Gasteiger partial charge in [0.15, 0.2) is 0 Å². The number of aromatic nitrogens is 3. The molecule has 3 heterocycles. The largest absolute Gasteiger partial charge is 0.446 e. The Morgan fingerprint density at radius 3 is 2.57 bits per heavy atom. The number of nitrogens with zero attached hydrogens (tertiary/aromatic N) is 6. The molecule has 2 amide bonds. The topological polar surface area (TPSA) is 83.8 Å². The van der Waals surface area contributed by atoms with E-state index in [1.165, 1.54) is 23.1 Å². The van der Waals surface area contributed by atoms with Crippen LogP contribution in [0.25, 0.3) is 0 Å². The van der Waals surface area contributed by atoms with Crippen LogP contribution in [0.2, 0.25) is 5.02 Å². The minimum Gasteiger partial charge on any atom is -0.446 e. The van der Waals surface area contributed by atoms with E-state index in [2.05, 4.69) is 44.8 Å². The number of benzene rings is 2. The standard InChI is InChI=1S/C41H49ClN6O3/c1-30-27-45(29-44-30)21-9-22-46(23-19-31-10-4-2-5-11-31)40(49)37-28-47(24-25-48(37)41(50)51-35-13-6-3-7-14-35)39-36-18-17-34(42)26-33(36)16-15-32-12-8-20-43-38(32)39/h2,4-5,8,10-12,17-18,20,26-27,29,35,37,39H,3,6-7,9,13-16,19,21-25,28H2,1H3/t37-,39+/m1/s1. The summed E-state index contributed by atoms with van der Waals surface area (Å²) in [4.78, 5) is 44.4. The van der Waals surface area contributed by atoms with E-state index in [1.54, 1.807) is 4.90 Å². The van der Waals surface area contributed by atoms with E-state index in [0.717, 1.165) is 79.9 Å². The fraction of sp³-hybridized carbons (Fsp3) is 0.463. The second kappa shape index (κ2) is 16.4. The van der Waals surface area contributed by atoms with Gasteiger partial charge in [0.2, 0.25) is 5.91 Å². The Hall–Kier alpha value is -4.21. The number of piperazine rings is 1. The average Bonchev–Trinajstić information content (AvgIpc) is 3.50. The number of imidazole rings is 1. The van der Waals surface area contributed by atoms with Gasteiger partial charge in [-0.05, 0) is 98.7 Å². The Balaban J connectivity index is 1.19. The van der Waals surface area contributed by atoms with Crippen LogP contribution in [-0.2, 0) is 35.3 Å². The average molecular weight is 709 g/mol. The molecule has 0 radical (unpaired) electrons. The van der Waals surface area contributed by atoms with Crippen molar-refractivity contribution in [3.63, 3.8) is 0 Å². The van der Waals surface area contributed by atoms with Gasteiger partial charge in [-0.1, -0.05) is 60.5 Å². The van der Waals surface area contributed by atoms with Gasteiger partial charge in [0.25, 0.3) is 0 Å². The zero-order chi connectivity index (χ0) is 35.2. The van der Waals surface area contributed by atoms with Gasteiger partial charge >= 0.3 is 6.09 Å². The first-order valence-electron chi connectivity index (χ1n) is 18.7. The third-order valence-electron chi connectivity index (χ3n) is 10.8. The van der Waals surface area contributed by atoms with Crippen molar-refractivity contribution in [2.24, 2.45) is 0 Å². The van der Waals surface area contributed by atoms with Gasteiger partial charge in [-0.15, -0.1) is 0 Å². The van der Waals surface area contributed by atoms with Crippen LogP contribution in [0.4, 0.5) is 4.79 Å². The van der Waals surface area contributed by atoms with Gasteiger partial charge < -0.3 is 14.2 Å². The Morgan fingerprint density at radius 1 is 0.941 bits per heavy atom. The van der Waals surface area contributed by atoms with Crippen molar-refractivity contribution in [3.8, 4) is 0 Å². The van der Waals surface area contributed by atoms with Crippen LogP contribution in [0, 0.1) is 6.92 Å². The lowest BCUT2D eigenvalue weighted by molar-refractivity contribution is -0.139. The molecule has 1 saturated heterocycles. The first-order valence-corrected chi connectivity index (χ1v) is 19.1. The molecule has 9 nitrogen and oxygen atoms in total. The molecule has 0 unspecified atom stereocenters. The summed E-state index contributed by atoms with van der Waals surface area (Å²) in [6.07, 6.45) is 13.6. The molecule has 4 aromatic rings. The zero-order valence-corrected chi connectivity index (χ0v) is 30.4. The van der Waals surface area contributed by atoms with E-state index in [0.29, 0.717) is 32.7 Å². The molecule has 268 valence electrons. The zero-order valence-electron chi connectivity index (χ0n) is 29.6. The molecule has 0 bridgehead atoms. The summed E-state index contributed by atoms with van der Waals surface area (Å²) < 4.78 is 8.22. The quantitative estimate of drug-likeness (QED) is 0.176. The molecule has 0 spiro atoms. The van der Waals surface area contributed by atoms with E-state index in [9.17, 15) is 4.79 Å². The monoisotopic (exact) mass is 708 g/mol. The van der Waals surface area contributed by atoms with Crippen LogP contribution in [0.1, 0.15) is 78.2 Å². The summed E-state index contributed by atoms with van der Waals surface area (Å²) in [5.41, 5.74) is 6.73. The normalized spacial score (nSPS) is 19.5. The lowest BCUT2D eigenvalue weighted by atomic mass is 9.95. The summed E-state index contributed by atoms with van der Waals surface area (Å²) >= 11 is 6.52. The predicted molar refractivity (Wildman–Crippen MR) is 199 cm³/mol. The maximum Gasteiger partial charge on any atom is 0.410 e. The number of hydrogen-bond donors (Lipinski definition) is 0. The highest BCUT2D eigenvalue weighted by Crippen LogP contribution is 2.38. The van der Waals surface area contributed by atoms with E-state index >= 15 is 4.79 Å². The number of carbonyl (C=O) groups excluding carboxylic acids is 2. The van der Waals surface area contributed by atoms with Crippen molar-refractivity contribution in [1.82, 2.24) is 29.2 Å². The predicted octanol–water partition coefficient (Wildman–Crippen LogP) is 7.05. The van der Waals surface area contributed by atoms with Crippen LogP contribution in [0.5, 0.6) is 0 Å². The number of rotatable bonds is 10. The number of aryl methyl sites for hydroxylation is 4. The number of carbonyl (C=O) groups is 2. The van der Waals surface area contributed by atoms with Crippen LogP contribution >= 0.6 is 11.6 Å². The molecule has 7 rings (SSSR count). The van der Waals surface area contributed by atoms with E-state index < -0.39 is 6.04 Å². The van der Waals surface area contributed by atoms with Crippen molar-refractivity contribution >= 4 is 23.6 Å². The molecule has 0 N–H and O–H groups in total. The minimum atomic E-state index is -0.702. The van der Waals surface area contributed by atoms with Crippen LogP contribution in [0.3, 0.4) is 0 Å². The van der Waals surface area contributed by atoms with Gasteiger partial charge in [-0.25, -0.2) is 9.78 Å². The first-order chi connectivity index (χ1) is 24.9. The van der Waals surface area contributed by atoms with Gasteiger partial charge in [0.05, 0.1) is 23.8 Å². The molecular weight excluding hydrogens is 660 g/mol. The van der Waals surface area contributed by atoms with Gasteiger partial charge in [0, 0.05) is 56.7 Å². The highest BCUT2D eigenvalue weighted by Gasteiger charge is 2.42. The fourth-order valence-corrected chi connectivity index (χ4v) is 8.30. The maximum absolute atomic E-state index is 15.0. The molecule has 2 aliphatic carbocycles. The molecule has 10 heteroatoms. The molecule has 2 aromatic heterocycles. The highest BCUT2D eigenvalue weighted by molar-refractivity contribution is 6.30. The lowest BCUT2D eigenvalue weighted by Gasteiger charge is -2.45. The van der Waals surface area contributed by atoms with Crippen molar-refractivity contribution in [1.29, 1.82) is 0 Å². The number of pyridine rings is 1. The van der Waals surface area contributed by atoms with Crippen molar-refractivity contribution < 1.29 is 14.3 Å². The van der Waals surface area contributed by atoms with Gasteiger partial charge in [-0.2, -0.15) is 0 Å². The number of halogens is 1. The maximum atomic E-state index is 15.0. The number of hydrogen-bond acceptors (Lipinski definition) is 6. The number of amides is 2. The molecule has 1 saturated carbocycles. The third-order valence-corrected chi connectivity index (χ3v) is 11.0. The fourth-order valence-electron chi connectivity index (χ4n) is 8.10. The van der Waals surface area contributed by atoms with Crippen molar-refractivity contribution in [2.45, 2.75) is 89.4 Å². The Kier molecular flexibility index (Phi) is 11.3. The summed E-state index contributed by atoms with van der Waals surface area (Å²) in [5.74, 6) is -0.0377. The highest BCUT2D eigenvalue weighted by atomic mass is 35.5. The molecule has 2 fully saturated rings. The summed E-state index contributed by atoms with van der Waals surface area (Å²) in [5, 5.41) is 0.717. The molecule has 51 heavy (non-hydrogen) atoms. The first kappa shape index (κ1) is 35.2. The minimum absolute atomic E-state index is 0.0377. The van der Waals surface area contributed by atoms with Crippen molar-refractivity contribution in [3.05, 3.63) is 118 Å². The molecule has 3 aliphatic rings. The summed E-state index contributed by atoms with van der Waals surface area (Å²) in [6.45, 7) is 5.23. The summed E-state index contributed by atoms with van der Waals surface area (Å²) in [7, 11) is 0. The smallest absolute Gasteiger partial charge is 0.410 e. The van der Waals surface area contributed by atoms with E-state index in [-0.39, 0.29) is 24.1 Å². The molecule has 1 aliphatic heterocycles. The Bertz CT molecular complexity index is 1790. The van der Waals surface area contributed by atoms with Gasteiger partial charge in [0.1, 0.15) is 12.1 Å². The molecular formula is C41H49ClN6O3. The number of ether oxygens (including phenoxy) is 1. The van der Waals surface area contributed by atoms with Gasteiger partial charge in [-0.3, -0.25) is 19.6 Å². The van der Waals surface area contributed by atoms with E-state index in [4.69, 9.17) is 21.3 Å².